The summed E-state index contributed by atoms with van der Waals surface area (Å²) in [6.45, 7) is 0.898. The number of nitrogens with one attached hydrogen (secondary N) is 3. The van der Waals surface area contributed by atoms with Gasteiger partial charge in [-0.2, -0.15) is 0 Å². The highest BCUT2D eigenvalue weighted by Crippen LogP contribution is 2.30. The van der Waals surface area contributed by atoms with E-state index < -0.39 is 6.04 Å². The number of carbonyl (C=O) groups is 3. The molecule has 3 amide bonds. The van der Waals surface area contributed by atoms with E-state index in [1.807, 2.05) is 18.2 Å². The standard InChI is InChI=1S/C27H29N5O4/c33-24(28-14-13-23-26(35)30-22-8-4-1-5-19(22)25(34)31-23)18-11-9-17(10-12-18)15-32-16-29-21-7-3-2-6-20(21)27(32)36/h1-8,16-18,23H,9-15H2,(H,28,33)(H,30,35)(H,31,34)/t17?,18?,23-/m0/s1. The number of aromatic nitrogens is 2. The zero-order valence-electron chi connectivity index (χ0n) is 19.9. The molecule has 1 fully saturated rings. The first-order valence-corrected chi connectivity index (χ1v) is 12.4. The number of para-hydroxylation sites is 2. The maximum atomic E-state index is 12.8. The van der Waals surface area contributed by atoms with E-state index in [1.165, 1.54) is 0 Å². The molecule has 3 N–H and O–H groups in total. The van der Waals surface area contributed by atoms with Crippen LogP contribution in [0.2, 0.25) is 0 Å². The molecule has 9 nitrogen and oxygen atoms in total. The molecule has 0 radical (unpaired) electrons. The van der Waals surface area contributed by atoms with Gasteiger partial charge in [-0.3, -0.25) is 23.7 Å². The highest BCUT2D eigenvalue weighted by atomic mass is 16.2. The molecule has 2 heterocycles. The minimum Gasteiger partial charge on any atom is -0.356 e. The van der Waals surface area contributed by atoms with E-state index in [-0.39, 0.29) is 29.2 Å². The molecule has 5 rings (SSSR count). The molecule has 0 bridgehead atoms. The van der Waals surface area contributed by atoms with Crippen molar-refractivity contribution in [2.75, 3.05) is 11.9 Å². The Morgan fingerprint density at radius 1 is 1.00 bits per heavy atom. The van der Waals surface area contributed by atoms with Crippen LogP contribution in [0.15, 0.2) is 59.7 Å². The summed E-state index contributed by atoms with van der Waals surface area (Å²) in [5.41, 5.74) is 1.59. The van der Waals surface area contributed by atoms with Crippen molar-refractivity contribution in [3.8, 4) is 0 Å². The molecular formula is C27H29N5O4. The molecule has 36 heavy (non-hydrogen) atoms. The van der Waals surface area contributed by atoms with Gasteiger partial charge in [0.05, 0.1) is 28.5 Å². The third kappa shape index (κ3) is 5.00. The topological polar surface area (TPSA) is 122 Å². The van der Waals surface area contributed by atoms with E-state index in [1.54, 1.807) is 41.2 Å². The molecular weight excluding hydrogens is 458 g/mol. The van der Waals surface area contributed by atoms with E-state index in [4.69, 9.17) is 0 Å². The first kappa shape index (κ1) is 23.7. The second-order valence-electron chi connectivity index (χ2n) is 9.58. The fraction of sp³-hybridized carbons (Fsp3) is 0.370. The second kappa shape index (κ2) is 10.3. The van der Waals surface area contributed by atoms with Gasteiger partial charge in [-0.25, -0.2) is 4.98 Å². The molecule has 1 aliphatic heterocycles. The van der Waals surface area contributed by atoms with Crippen LogP contribution in [0.25, 0.3) is 10.9 Å². The molecule has 0 spiro atoms. The van der Waals surface area contributed by atoms with Gasteiger partial charge in [-0.1, -0.05) is 24.3 Å². The lowest BCUT2D eigenvalue weighted by Crippen LogP contribution is -2.44. The largest absolute Gasteiger partial charge is 0.356 e. The quantitative estimate of drug-likeness (QED) is 0.493. The van der Waals surface area contributed by atoms with Crippen molar-refractivity contribution in [3.63, 3.8) is 0 Å². The van der Waals surface area contributed by atoms with E-state index in [0.717, 1.165) is 25.7 Å². The normalized spacial score (nSPS) is 21.7. The predicted octanol–water partition coefficient (Wildman–Crippen LogP) is 2.46. The van der Waals surface area contributed by atoms with Crippen LogP contribution in [-0.4, -0.2) is 39.9 Å². The zero-order valence-corrected chi connectivity index (χ0v) is 19.9. The lowest BCUT2D eigenvalue weighted by atomic mass is 9.81. The summed E-state index contributed by atoms with van der Waals surface area (Å²) >= 11 is 0. The maximum absolute atomic E-state index is 12.8. The highest BCUT2D eigenvalue weighted by molar-refractivity contribution is 6.09. The fourth-order valence-electron chi connectivity index (χ4n) is 5.12. The van der Waals surface area contributed by atoms with Gasteiger partial charge in [0.2, 0.25) is 11.8 Å². The van der Waals surface area contributed by atoms with Crippen molar-refractivity contribution in [3.05, 3.63) is 70.8 Å². The third-order valence-corrected chi connectivity index (χ3v) is 7.19. The van der Waals surface area contributed by atoms with Gasteiger partial charge in [-0.05, 0) is 62.3 Å². The SMILES string of the molecule is O=C1N[C@@H](CCNC(=O)C2CCC(Cn3cnc4ccccc4c3=O)CC2)C(=O)Nc2ccccc21. The molecule has 3 aromatic rings. The minimum atomic E-state index is -0.713. The Kier molecular flexibility index (Phi) is 6.79. The second-order valence-corrected chi connectivity index (χ2v) is 9.58. The van der Waals surface area contributed by atoms with Gasteiger partial charge < -0.3 is 16.0 Å². The van der Waals surface area contributed by atoms with E-state index in [0.29, 0.717) is 47.6 Å². The summed E-state index contributed by atoms with van der Waals surface area (Å²) in [7, 11) is 0. The number of hydrogen-bond donors (Lipinski definition) is 3. The highest BCUT2D eigenvalue weighted by Gasteiger charge is 2.29. The molecule has 1 atom stereocenters. The molecule has 1 saturated carbocycles. The predicted molar refractivity (Wildman–Crippen MR) is 135 cm³/mol. The van der Waals surface area contributed by atoms with Crippen LogP contribution < -0.4 is 21.5 Å². The van der Waals surface area contributed by atoms with Crippen molar-refractivity contribution in [2.45, 2.75) is 44.7 Å². The van der Waals surface area contributed by atoms with E-state index >= 15 is 0 Å². The maximum Gasteiger partial charge on any atom is 0.261 e. The number of hydrogen-bond acceptors (Lipinski definition) is 5. The Morgan fingerprint density at radius 2 is 1.75 bits per heavy atom. The lowest BCUT2D eigenvalue weighted by Gasteiger charge is -2.28. The summed E-state index contributed by atoms with van der Waals surface area (Å²) in [6.07, 6.45) is 5.15. The first-order chi connectivity index (χ1) is 17.5. The molecule has 1 aromatic heterocycles. The lowest BCUT2D eigenvalue weighted by molar-refractivity contribution is -0.126. The van der Waals surface area contributed by atoms with Crippen LogP contribution in [0.5, 0.6) is 0 Å². The molecule has 186 valence electrons. The van der Waals surface area contributed by atoms with Gasteiger partial charge >= 0.3 is 0 Å². The van der Waals surface area contributed by atoms with Crippen molar-refractivity contribution >= 4 is 34.3 Å². The Morgan fingerprint density at radius 3 is 2.58 bits per heavy atom. The number of anilines is 1. The number of nitrogens with zero attached hydrogens (tertiary/aromatic N) is 2. The van der Waals surface area contributed by atoms with Crippen LogP contribution in [0.4, 0.5) is 5.69 Å². The smallest absolute Gasteiger partial charge is 0.261 e. The minimum absolute atomic E-state index is 0.0263. The molecule has 9 heteroatoms. The van der Waals surface area contributed by atoms with E-state index in [9.17, 15) is 19.2 Å². The molecule has 0 saturated heterocycles. The van der Waals surface area contributed by atoms with Crippen molar-refractivity contribution in [2.24, 2.45) is 11.8 Å². The Labute approximate surface area is 208 Å². The van der Waals surface area contributed by atoms with Crippen molar-refractivity contribution in [1.29, 1.82) is 0 Å². The number of carbonyl (C=O) groups excluding carboxylic acids is 3. The summed E-state index contributed by atoms with van der Waals surface area (Å²) in [4.78, 5) is 54.8. The number of benzene rings is 2. The average Bonchev–Trinajstić information content (AvgIpc) is 3.02. The number of rotatable bonds is 6. The molecule has 2 aromatic carbocycles. The summed E-state index contributed by atoms with van der Waals surface area (Å²) < 4.78 is 1.68. The van der Waals surface area contributed by atoms with Crippen LogP contribution >= 0.6 is 0 Å². The van der Waals surface area contributed by atoms with Gasteiger partial charge in [0.1, 0.15) is 6.04 Å². The summed E-state index contributed by atoms with van der Waals surface area (Å²) in [5.74, 6) is -0.391. The van der Waals surface area contributed by atoms with E-state index in [2.05, 4.69) is 20.9 Å². The Balaban J connectivity index is 1.09. The molecule has 0 unspecified atom stereocenters. The van der Waals surface area contributed by atoms with Crippen LogP contribution in [-0.2, 0) is 16.1 Å². The fourth-order valence-corrected chi connectivity index (χ4v) is 5.12. The number of amides is 3. The molecule has 2 aliphatic rings. The monoisotopic (exact) mass is 487 g/mol. The summed E-state index contributed by atoms with van der Waals surface area (Å²) in [5, 5.41) is 9.08. The first-order valence-electron chi connectivity index (χ1n) is 12.4. The third-order valence-electron chi connectivity index (χ3n) is 7.19. The van der Waals surface area contributed by atoms with Gasteiger partial charge in [0.25, 0.3) is 11.5 Å². The molecule has 1 aliphatic carbocycles. The van der Waals surface area contributed by atoms with Crippen molar-refractivity contribution < 1.29 is 14.4 Å². The van der Waals surface area contributed by atoms with Crippen LogP contribution in [0.3, 0.4) is 0 Å². The number of fused-ring (bicyclic) bond motifs is 2. The Hall–Kier alpha value is -4.01. The van der Waals surface area contributed by atoms with Gasteiger partial charge in [0.15, 0.2) is 0 Å². The van der Waals surface area contributed by atoms with Crippen LogP contribution in [0, 0.1) is 11.8 Å². The average molecular weight is 488 g/mol. The van der Waals surface area contributed by atoms with Crippen LogP contribution in [0.1, 0.15) is 42.5 Å². The van der Waals surface area contributed by atoms with Gasteiger partial charge in [-0.15, -0.1) is 0 Å². The van der Waals surface area contributed by atoms with Gasteiger partial charge in [0, 0.05) is 19.0 Å². The van der Waals surface area contributed by atoms with Crippen molar-refractivity contribution in [1.82, 2.24) is 20.2 Å². The summed E-state index contributed by atoms with van der Waals surface area (Å²) in [6, 6.07) is 13.5. The Bertz CT molecular complexity index is 1360. The zero-order chi connectivity index (χ0) is 25.1.